The van der Waals surface area contributed by atoms with Gasteiger partial charge in [-0.1, -0.05) is 13.8 Å². The maximum absolute atomic E-state index is 10.2. The molecule has 16 heavy (non-hydrogen) atoms. The Morgan fingerprint density at radius 2 is 1.94 bits per heavy atom. The summed E-state index contributed by atoms with van der Waals surface area (Å²) in [5.74, 6) is 0. The van der Waals surface area contributed by atoms with Gasteiger partial charge in [0.15, 0.2) is 0 Å². The molecule has 1 N–H and O–H groups in total. The van der Waals surface area contributed by atoms with Crippen molar-refractivity contribution in [1.29, 1.82) is 5.26 Å². The highest BCUT2D eigenvalue weighted by Crippen LogP contribution is 2.16. The smallest absolute Gasteiger partial charge is 0.0768 e. The average Bonchev–Trinajstić information content (AvgIpc) is 2.32. The molecule has 4 nitrogen and oxygen atoms in total. The molecule has 0 aliphatic heterocycles. The van der Waals surface area contributed by atoms with E-state index >= 15 is 0 Å². The van der Waals surface area contributed by atoms with Gasteiger partial charge in [-0.2, -0.15) is 5.26 Å². The van der Waals surface area contributed by atoms with Crippen molar-refractivity contribution >= 4 is 0 Å². The molecule has 0 spiro atoms. The Morgan fingerprint density at radius 1 is 1.31 bits per heavy atom. The maximum atomic E-state index is 10.2. The summed E-state index contributed by atoms with van der Waals surface area (Å²) >= 11 is 0. The maximum Gasteiger partial charge on any atom is 0.0768 e. The van der Waals surface area contributed by atoms with Crippen molar-refractivity contribution in [2.45, 2.75) is 38.7 Å². The lowest BCUT2D eigenvalue weighted by atomic mass is 9.97. The molecule has 0 heterocycles. The number of methoxy groups -OCH3 is 1. The van der Waals surface area contributed by atoms with Gasteiger partial charge in [0.2, 0.25) is 0 Å². The summed E-state index contributed by atoms with van der Waals surface area (Å²) in [7, 11) is 1.66. The molecule has 0 aromatic rings. The second kappa shape index (κ2) is 8.51. The van der Waals surface area contributed by atoms with E-state index < -0.39 is 5.60 Å². The Kier molecular flexibility index (Phi) is 8.18. The van der Waals surface area contributed by atoms with Gasteiger partial charge in [-0.3, -0.25) is 4.90 Å². The molecule has 0 saturated heterocycles. The summed E-state index contributed by atoms with van der Waals surface area (Å²) in [5, 5.41) is 18.8. The fourth-order valence-electron chi connectivity index (χ4n) is 1.59. The number of nitriles is 1. The van der Waals surface area contributed by atoms with Crippen molar-refractivity contribution in [2.24, 2.45) is 0 Å². The van der Waals surface area contributed by atoms with Gasteiger partial charge in [-0.05, 0) is 12.8 Å². The fourth-order valence-corrected chi connectivity index (χ4v) is 1.59. The first-order valence-electron chi connectivity index (χ1n) is 5.92. The van der Waals surface area contributed by atoms with Crippen LogP contribution in [-0.4, -0.2) is 49.0 Å². The van der Waals surface area contributed by atoms with Gasteiger partial charge < -0.3 is 9.84 Å². The van der Waals surface area contributed by atoms with E-state index in [1.807, 2.05) is 13.8 Å². The quantitative estimate of drug-likeness (QED) is 0.648. The first-order chi connectivity index (χ1) is 7.61. The molecule has 0 aromatic carbocycles. The van der Waals surface area contributed by atoms with Crippen LogP contribution in [0.25, 0.3) is 0 Å². The molecule has 0 aliphatic rings. The highest BCUT2D eigenvalue weighted by Gasteiger charge is 2.25. The number of hydrogen-bond donors (Lipinski definition) is 1. The van der Waals surface area contributed by atoms with Crippen LogP contribution in [0.5, 0.6) is 0 Å². The molecule has 0 aromatic heterocycles. The molecule has 4 heteroatoms. The van der Waals surface area contributed by atoms with Gasteiger partial charge in [0, 0.05) is 33.2 Å². The Morgan fingerprint density at radius 3 is 2.38 bits per heavy atom. The van der Waals surface area contributed by atoms with E-state index in [-0.39, 0.29) is 0 Å². The summed E-state index contributed by atoms with van der Waals surface area (Å²) in [6.07, 6.45) is 1.96. The normalized spacial score (nSPS) is 11.8. The first kappa shape index (κ1) is 15.4. The van der Waals surface area contributed by atoms with Crippen LogP contribution in [0.1, 0.15) is 33.1 Å². The Bertz CT molecular complexity index is 210. The van der Waals surface area contributed by atoms with Crippen LogP contribution in [-0.2, 0) is 4.74 Å². The zero-order valence-corrected chi connectivity index (χ0v) is 10.7. The standard InChI is InChI=1S/C12H24N2O2/c1-4-12(15,5-2)11-14(8-6-7-13)9-10-16-3/h15H,4-6,8-11H2,1-3H3. The number of nitrogens with zero attached hydrogens (tertiary/aromatic N) is 2. The van der Waals surface area contributed by atoms with E-state index in [2.05, 4.69) is 11.0 Å². The van der Waals surface area contributed by atoms with Crippen molar-refractivity contribution in [3.8, 4) is 6.07 Å². The molecular formula is C12H24N2O2. The topological polar surface area (TPSA) is 56.5 Å². The SMILES string of the molecule is CCC(O)(CC)CN(CCC#N)CCOC. The third-order valence-corrected chi connectivity index (χ3v) is 2.99. The van der Waals surface area contributed by atoms with Gasteiger partial charge in [-0.25, -0.2) is 0 Å². The highest BCUT2D eigenvalue weighted by molar-refractivity contribution is 4.81. The second-order valence-corrected chi connectivity index (χ2v) is 4.11. The molecule has 94 valence electrons. The minimum Gasteiger partial charge on any atom is -0.389 e. The monoisotopic (exact) mass is 228 g/mol. The molecule has 0 unspecified atom stereocenters. The molecule has 0 atom stereocenters. The number of ether oxygens (including phenoxy) is 1. The van der Waals surface area contributed by atoms with Gasteiger partial charge in [0.25, 0.3) is 0 Å². The van der Waals surface area contributed by atoms with Crippen LogP contribution in [0.4, 0.5) is 0 Å². The van der Waals surface area contributed by atoms with E-state index in [1.54, 1.807) is 7.11 Å². The molecule has 0 fully saturated rings. The predicted octanol–water partition coefficient (Wildman–Crippen LogP) is 1.40. The molecule has 0 radical (unpaired) electrons. The van der Waals surface area contributed by atoms with Crippen molar-refractivity contribution in [3.05, 3.63) is 0 Å². The lowest BCUT2D eigenvalue weighted by Crippen LogP contribution is -2.43. The zero-order chi connectivity index (χ0) is 12.4. The van der Waals surface area contributed by atoms with Crippen LogP contribution in [0.15, 0.2) is 0 Å². The predicted molar refractivity (Wildman–Crippen MR) is 64.1 cm³/mol. The lowest BCUT2D eigenvalue weighted by molar-refractivity contribution is -0.00795. The molecule has 0 saturated carbocycles. The van der Waals surface area contributed by atoms with Gasteiger partial charge >= 0.3 is 0 Å². The van der Waals surface area contributed by atoms with Gasteiger partial charge in [0.05, 0.1) is 18.3 Å². The van der Waals surface area contributed by atoms with Gasteiger partial charge in [0.1, 0.15) is 0 Å². The highest BCUT2D eigenvalue weighted by atomic mass is 16.5. The number of rotatable bonds is 9. The zero-order valence-electron chi connectivity index (χ0n) is 10.7. The Balaban J connectivity index is 4.22. The third kappa shape index (κ3) is 6.06. The first-order valence-corrected chi connectivity index (χ1v) is 5.92. The minimum atomic E-state index is -0.636. The van der Waals surface area contributed by atoms with Crippen LogP contribution in [0, 0.1) is 11.3 Å². The molecule has 0 amide bonds. The third-order valence-electron chi connectivity index (χ3n) is 2.99. The average molecular weight is 228 g/mol. The number of hydrogen-bond acceptors (Lipinski definition) is 4. The van der Waals surface area contributed by atoms with Crippen molar-refractivity contribution in [3.63, 3.8) is 0 Å². The Labute approximate surface area is 98.8 Å². The van der Waals surface area contributed by atoms with E-state index in [4.69, 9.17) is 10.00 Å². The van der Waals surface area contributed by atoms with Crippen LogP contribution in [0.3, 0.4) is 0 Å². The Hall–Kier alpha value is -0.630. The molecule has 0 rings (SSSR count). The fraction of sp³-hybridized carbons (Fsp3) is 0.917. The molecular weight excluding hydrogens is 204 g/mol. The van der Waals surface area contributed by atoms with Crippen molar-refractivity contribution in [2.75, 3.05) is 33.4 Å². The van der Waals surface area contributed by atoms with Crippen molar-refractivity contribution in [1.82, 2.24) is 4.90 Å². The van der Waals surface area contributed by atoms with Crippen LogP contribution < -0.4 is 0 Å². The van der Waals surface area contributed by atoms with Crippen LogP contribution >= 0.6 is 0 Å². The van der Waals surface area contributed by atoms with E-state index in [0.717, 1.165) is 19.4 Å². The van der Waals surface area contributed by atoms with E-state index in [1.165, 1.54) is 0 Å². The molecule has 0 bridgehead atoms. The van der Waals surface area contributed by atoms with E-state index in [0.29, 0.717) is 26.1 Å². The van der Waals surface area contributed by atoms with Crippen molar-refractivity contribution < 1.29 is 9.84 Å². The molecule has 0 aliphatic carbocycles. The summed E-state index contributed by atoms with van der Waals surface area (Å²) in [6.45, 7) is 6.69. The summed E-state index contributed by atoms with van der Waals surface area (Å²) < 4.78 is 5.03. The van der Waals surface area contributed by atoms with Gasteiger partial charge in [-0.15, -0.1) is 0 Å². The minimum absolute atomic E-state index is 0.493. The largest absolute Gasteiger partial charge is 0.389 e. The summed E-state index contributed by atoms with van der Waals surface area (Å²) in [6, 6.07) is 2.13. The summed E-state index contributed by atoms with van der Waals surface area (Å²) in [5.41, 5.74) is -0.636. The summed E-state index contributed by atoms with van der Waals surface area (Å²) in [4.78, 5) is 2.10. The lowest BCUT2D eigenvalue weighted by Gasteiger charge is -2.32. The van der Waals surface area contributed by atoms with Crippen LogP contribution in [0.2, 0.25) is 0 Å². The second-order valence-electron chi connectivity index (χ2n) is 4.11. The van der Waals surface area contributed by atoms with E-state index in [9.17, 15) is 5.11 Å². The number of aliphatic hydroxyl groups is 1.